The zero-order valence-electron chi connectivity index (χ0n) is 14.9. The number of carboxylic acids is 1. The van der Waals surface area contributed by atoms with Crippen molar-refractivity contribution in [2.75, 3.05) is 6.54 Å². The number of halogens is 2. The van der Waals surface area contributed by atoms with E-state index in [9.17, 15) is 23.2 Å². The third-order valence-electron chi connectivity index (χ3n) is 4.72. The van der Waals surface area contributed by atoms with Gasteiger partial charge in [0.1, 0.15) is 17.2 Å². The summed E-state index contributed by atoms with van der Waals surface area (Å²) >= 11 is 0. The van der Waals surface area contributed by atoms with Gasteiger partial charge in [-0.1, -0.05) is 0 Å². The number of fused-ring (bicyclic) bond motifs is 1. The van der Waals surface area contributed by atoms with E-state index in [1.807, 2.05) is 0 Å². The molecule has 0 saturated heterocycles. The maximum Gasteiger partial charge on any atom is 0.341 e. The Hall–Kier alpha value is -3.07. The quantitative estimate of drug-likeness (QED) is 0.708. The molecular weight excluding hydrogens is 372 g/mol. The molecule has 0 radical (unpaired) electrons. The Morgan fingerprint density at radius 2 is 2.04 bits per heavy atom. The summed E-state index contributed by atoms with van der Waals surface area (Å²) in [5.41, 5.74) is 6.15. The van der Waals surface area contributed by atoms with Gasteiger partial charge in [-0.05, 0) is 41.8 Å². The van der Waals surface area contributed by atoms with Crippen molar-refractivity contribution < 1.29 is 23.5 Å². The minimum Gasteiger partial charge on any atom is -0.477 e. The van der Waals surface area contributed by atoms with E-state index in [-0.39, 0.29) is 36.4 Å². The molecule has 2 aromatic rings. The fourth-order valence-corrected chi connectivity index (χ4v) is 3.29. The van der Waals surface area contributed by atoms with Crippen LogP contribution in [0.25, 0.3) is 0 Å². The highest BCUT2D eigenvalue weighted by atomic mass is 19.1. The van der Waals surface area contributed by atoms with E-state index in [1.165, 1.54) is 11.0 Å². The van der Waals surface area contributed by atoms with Gasteiger partial charge in [0.15, 0.2) is 0 Å². The first kappa shape index (κ1) is 19.7. The van der Waals surface area contributed by atoms with Gasteiger partial charge in [0.25, 0.3) is 5.56 Å². The number of aromatic amines is 1. The highest BCUT2D eigenvalue weighted by Crippen LogP contribution is 2.19. The monoisotopic (exact) mass is 391 g/mol. The molecule has 3 rings (SSSR count). The molecule has 1 amide bonds. The van der Waals surface area contributed by atoms with E-state index in [4.69, 9.17) is 10.8 Å². The fourth-order valence-electron chi connectivity index (χ4n) is 3.29. The van der Waals surface area contributed by atoms with Gasteiger partial charge in [-0.15, -0.1) is 0 Å². The standard InChI is InChI=1S/C19H19F2N3O4/c20-12-1-2-15(21)10(5-12)6-13(22)8-17(25)24-4-3-16-11(9-24)7-14(19(27)28)18(26)23-16/h1-2,5,7,13H,3-4,6,8-9,22H2,(H,23,26)(H,27,28)/t13-/m0/s1. The molecule has 4 N–H and O–H groups in total. The summed E-state index contributed by atoms with van der Waals surface area (Å²) in [6.45, 7) is 0.488. The van der Waals surface area contributed by atoms with Crippen LogP contribution in [0.3, 0.4) is 0 Å². The number of nitrogens with one attached hydrogen (secondary N) is 1. The van der Waals surface area contributed by atoms with E-state index in [0.717, 1.165) is 18.2 Å². The fraction of sp³-hybridized carbons (Fsp3) is 0.316. The molecule has 0 unspecified atom stereocenters. The Morgan fingerprint density at radius 1 is 1.29 bits per heavy atom. The van der Waals surface area contributed by atoms with Gasteiger partial charge < -0.3 is 20.7 Å². The molecule has 1 aliphatic heterocycles. The number of pyridine rings is 1. The number of nitrogens with zero attached hydrogens (tertiary/aromatic N) is 1. The molecule has 0 aliphatic carbocycles. The van der Waals surface area contributed by atoms with Gasteiger partial charge in [0.05, 0.1) is 0 Å². The third kappa shape index (κ3) is 4.25. The van der Waals surface area contributed by atoms with Crippen molar-refractivity contribution >= 4 is 11.9 Å². The largest absolute Gasteiger partial charge is 0.477 e. The predicted octanol–water partition coefficient (Wildman–Crippen LogP) is 1.20. The van der Waals surface area contributed by atoms with Crippen LogP contribution >= 0.6 is 0 Å². The number of benzene rings is 1. The van der Waals surface area contributed by atoms with Crippen LogP contribution in [0.5, 0.6) is 0 Å². The van der Waals surface area contributed by atoms with Crippen LogP contribution in [-0.4, -0.2) is 39.5 Å². The SMILES string of the molecule is N[C@H](CC(=O)N1CCc2[nH]c(=O)c(C(=O)O)cc2C1)Cc1cc(F)ccc1F. The van der Waals surface area contributed by atoms with E-state index in [0.29, 0.717) is 24.2 Å². The number of rotatable bonds is 5. The van der Waals surface area contributed by atoms with Crippen molar-refractivity contribution in [2.24, 2.45) is 5.73 Å². The van der Waals surface area contributed by atoms with Crippen LogP contribution in [0, 0.1) is 11.6 Å². The highest BCUT2D eigenvalue weighted by molar-refractivity contribution is 5.87. The molecule has 0 fully saturated rings. The topological polar surface area (TPSA) is 116 Å². The molecule has 2 heterocycles. The molecule has 9 heteroatoms. The lowest BCUT2D eigenvalue weighted by Gasteiger charge is -2.29. The van der Waals surface area contributed by atoms with Crippen molar-refractivity contribution in [1.82, 2.24) is 9.88 Å². The van der Waals surface area contributed by atoms with Crippen molar-refractivity contribution in [3.63, 3.8) is 0 Å². The smallest absolute Gasteiger partial charge is 0.341 e. The number of H-pyrrole nitrogens is 1. The van der Waals surface area contributed by atoms with Gasteiger partial charge in [-0.2, -0.15) is 0 Å². The first-order valence-corrected chi connectivity index (χ1v) is 8.70. The van der Waals surface area contributed by atoms with Crippen molar-refractivity contribution in [3.8, 4) is 0 Å². The van der Waals surface area contributed by atoms with Crippen LogP contribution in [0.4, 0.5) is 8.78 Å². The van der Waals surface area contributed by atoms with Crippen molar-refractivity contribution in [2.45, 2.75) is 31.8 Å². The molecule has 1 aliphatic rings. The van der Waals surface area contributed by atoms with E-state index < -0.39 is 29.2 Å². The zero-order chi connectivity index (χ0) is 20.4. The Morgan fingerprint density at radius 3 is 2.75 bits per heavy atom. The second-order valence-corrected chi connectivity index (χ2v) is 6.79. The lowest BCUT2D eigenvalue weighted by atomic mass is 10.0. The third-order valence-corrected chi connectivity index (χ3v) is 4.72. The molecule has 7 nitrogen and oxygen atoms in total. The molecule has 148 valence electrons. The number of hydrogen-bond acceptors (Lipinski definition) is 4. The van der Waals surface area contributed by atoms with Crippen LogP contribution in [0.15, 0.2) is 29.1 Å². The van der Waals surface area contributed by atoms with Crippen LogP contribution < -0.4 is 11.3 Å². The number of aromatic nitrogens is 1. The number of carbonyl (C=O) groups is 2. The number of carbonyl (C=O) groups excluding carboxylic acids is 1. The Bertz CT molecular complexity index is 990. The van der Waals surface area contributed by atoms with Gasteiger partial charge in [-0.25, -0.2) is 13.6 Å². The summed E-state index contributed by atoms with van der Waals surface area (Å²) in [6.07, 6.45) is 0.320. The average Bonchev–Trinajstić information content (AvgIpc) is 2.63. The average molecular weight is 391 g/mol. The Kier molecular flexibility index (Phi) is 5.55. The molecule has 0 bridgehead atoms. The summed E-state index contributed by atoms with van der Waals surface area (Å²) in [6, 6.07) is 3.66. The number of amides is 1. The highest BCUT2D eigenvalue weighted by Gasteiger charge is 2.25. The number of aromatic carboxylic acids is 1. The lowest BCUT2D eigenvalue weighted by Crippen LogP contribution is -2.40. The maximum atomic E-state index is 13.7. The van der Waals surface area contributed by atoms with Gasteiger partial charge in [0, 0.05) is 37.7 Å². The van der Waals surface area contributed by atoms with E-state index in [1.54, 1.807) is 0 Å². The van der Waals surface area contributed by atoms with Crippen LogP contribution in [0.2, 0.25) is 0 Å². The first-order chi connectivity index (χ1) is 13.2. The van der Waals surface area contributed by atoms with E-state index in [2.05, 4.69) is 4.98 Å². The summed E-state index contributed by atoms with van der Waals surface area (Å²) in [5, 5.41) is 9.07. The van der Waals surface area contributed by atoms with Crippen LogP contribution in [-0.2, 0) is 24.2 Å². The van der Waals surface area contributed by atoms with Crippen LogP contribution in [0.1, 0.15) is 33.6 Å². The summed E-state index contributed by atoms with van der Waals surface area (Å²) in [5.74, 6) is -2.78. The van der Waals surface area contributed by atoms with E-state index >= 15 is 0 Å². The number of nitrogens with two attached hydrogens (primary N) is 1. The number of hydrogen-bond donors (Lipinski definition) is 3. The lowest BCUT2D eigenvalue weighted by molar-refractivity contribution is -0.132. The van der Waals surface area contributed by atoms with Gasteiger partial charge in [-0.3, -0.25) is 9.59 Å². The molecular formula is C19H19F2N3O4. The Labute approximate surface area is 158 Å². The van der Waals surface area contributed by atoms with Crippen molar-refractivity contribution in [3.05, 3.63) is 68.6 Å². The number of carboxylic acid groups (broad SMARTS) is 1. The first-order valence-electron chi connectivity index (χ1n) is 8.70. The molecule has 1 atom stereocenters. The molecule has 0 spiro atoms. The van der Waals surface area contributed by atoms with Gasteiger partial charge in [0.2, 0.25) is 5.91 Å². The summed E-state index contributed by atoms with van der Waals surface area (Å²) < 4.78 is 27.0. The maximum absolute atomic E-state index is 13.7. The predicted molar refractivity (Wildman–Crippen MR) is 95.8 cm³/mol. The minimum absolute atomic E-state index is 0.0102. The second kappa shape index (κ2) is 7.89. The minimum atomic E-state index is -1.34. The second-order valence-electron chi connectivity index (χ2n) is 6.79. The molecule has 0 saturated carbocycles. The Balaban J connectivity index is 1.67. The summed E-state index contributed by atoms with van der Waals surface area (Å²) in [7, 11) is 0. The van der Waals surface area contributed by atoms with Gasteiger partial charge >= 0.3 is 5.97 Å². The normalized spacial score (nSPS) is 14.5. The molecule has 1 aromatic heterocycles. The zero-order valence-corrected chi connectivity index (χ0v) is 14.9. The van der Waals surface area contributed by atoms with Crippen molar-refractivity contribution in [1.29, 1.82) is 0 Å². The molecule has 28 heavy (non-hydrogen) atoms. The molecule has 1 aromatic carbocycles. The summed E-state index contributed by atoms with van der Waals surface area (Å²) in [4.78, 5) is 39.4.